The van der Waals surface area contributed by atoms with Crippen LogP contribution in [0, 0.1) is 20.8 Å². The van der Waals surface area contributed by atoms with Gasteiger partial charge in [0.05, 0.1) is 22.7 Å². The summed E-state index contributed by atoms with van der Waals surface area (Å²) in [7, 11) is 0. The van der Waals surface area contributed by atoms with Gasteiger partial charge in [-0.15, -0.1) is 0 Å². The molecule has 0 atom stereocenters. The van der Waals surface area contributed by atoms with E-state index in [9.17, 15) is 0 Å². The molecule has 0 saturated heterocycles. The summed E-state index contributed by atoms with van der Waals surface area (Å²) in [5.41, 5.74) is 10.6. The van der Waals surface area contributed by atoms with Crippen LogP contribution in [0.3, 0.4) is 0 Å². The van der Waals surface area contributed by atoms with Crippen molar-refractivity contribution in [1.82, 2.24) is 0 Å². The Bertz CT molecular complexity index is 3020. The Labute approximate surface area is 320 Å². The zero-order valence-electron chi connectivity index (χ0n) is 31.1. The van der Waals surface area contributed by atoms with Crippen LogP contribution in [0.1, 0.15) is 16.7 Å². The van der Waals surface area contributed by atoms with Crippen molar-refractivity contribution < 1.29 is 0 Å². The average Bonchev–Trinajstić information content (AvgIpc) is 3.22. The maximum absolute atomic E-state index is 2.50. The van der Waals surface area contributed by atoms with Crippen molar-refractivity contribution in [3.05, 3.63) is 193 Å². The molecule has 11 rings (SSSR count). The van der Waals surface area contributed by atoms with Crippen molar-refractivity contribution in [2.45, 2.75) is 20.8 Å². The highest BCUT2D eigenvalue weighted by atomic mass is 15.2. The van der Waals surface area contributed by atoms with Crippen LogP contribution in [0.2, 0.25) is 0 Å². The molecule has 0 N–H and O–H groups in total. The zero-order valence-corrected chi connectivity index (χ0v) is 31.1. The summed E-state index contributed by atoms with van der Waals surface area (Å²) in [5, 5.41) is 15.4. The second kappa shape index (κ2) is 12.1. The summed E-state index contributed by atoms with van der Waals surface area (Å²) < 4.78 is 0. The van der Waals surface area contributed by atoms with E-state index in [4.69, 9.17) is 0 Å². The molecule has 2 heteroatoms. The minimum Gasteiger partial charge on any atom is -0.309 e. The van der Waals surface area contributed by atoms with Crippen molar-refractivity contribution in [3.8, 4) is 0 Å². The van der Waals surface area contributed by atoms with Gasteiger partial charge in [0.2, 0.25) is 0 Å². The molecular weight excluding hydrogens is 665 g/mol. The molecule has 0 amide bonds. The molecule has 2 nitrogen and oxygen atoms in total. The molecule has 11 aromatic carbocycles. The fourth-order valence-electron chi connectivity index (χ4n) is 9.33. The van der Waals surface area contributed by atoms with Crippen LogP contribution in [-0.2, 0) is 0 Å². The molecule has 0 aliphatic heterocycles. The van der Waals surface area contributed by atoms with Gasteiger partial charge >= 0.3 is 0 Å². The number of hydrogen-bond acceptors (Lipinski definition) is 2. The molecular formula is C53H38N2. The lowest BCUT2D eigenvalue weighted by atomic mass is 9.92. The highest BCUT2D eigenvalue weighted by Gasteiger charge is 2.26. The van der Waals surface area contributed by atoms with Crippen molar-refractivity contribution in [2.75, 3.05) is 9.80 Å². The smallest absolute Gasteiger partial charge is 0.0540 e. The van der Waals surface area contributed by atoms with Gasteiger partial charge in [0.25, 0.3) is 0 Å². The Morgan fingerprint density at radius 3 is 1.00 bits per heavy atom. The number of nitrogens with zero attached hydrogens (tertiary/aromatic N) is 2. The zero-order chi connectivity index (χ0) is 36.8. The first kappa shape index (κ1) is 31.6. The molecule has 11 aromatic rings. The minimum absolute atomic E-state index is 1.15. The largest absolute Gasteiger partial charge is 0.309 e. The number of benzene rings is 11. The Kier molecular flexibility index (Phi) is 6.93. The highest BCUT2D eigenvalue weighted by molar-refractivity contribution is 6.27. The summed E-state index contributed by atoms with van der Waals surface area (Å²) in [6, 6.07) is 65.2. The van der Waals surface area contributed by atoms with E-state index < -0.39 is 0 Å². The van der Waals surface area contributed by atoms with E-state index in [1.807, 2.05) is 0 Å². The predicted octanol–water partition coefficient (Wildman–Crippen LogP) is 15.3. The first-order valence-electron chi connectivity index (χ1n) is 19.2. The van der Waals surface area contributed by atoms with Gasteiger partial charge in [-0.3, -0.25) is 0 Å². The van der Waals surface area contributed by atoms with Gasteiger partial charge < -0.3 is 9.80 Å². The summed E-state index contributed by atoms with van der Waals surface area (Å²) in [4.78, 5) is 5.00. The van der Waals surface area contributed by atoms with Crippen LogP contribution in [0.15, 0.2) is 176 Å². The monoisotopic (exact) mass is 702 g/mol. The lowest BCUT2D eigenvalue weighted by molar-refractivity contribution is 1.20. The van der Waals surface area contributed by atoms with Crippen molar-refractivity contribution in [3.63, 3.8) is 0 Å². The molecule has 0 fully saturated rings. The van der Waals surface area contributed by atoms with E-state index >= 15 is 0 Å². The average molecular weight is 703 g/mol. The SMILES string of the molecule is Cc1ccccc1N(c1cccc(N(c2ccccc2C)c2ccc3ccc4cccc5ccc2c3c45)c1C)c1ccc2ccc3cccc4ccc1c2c34. The number of anilines is 6. The Morgan fingerprint density at radius 1 is 0.255 bits per heavy atom. The first-order chi connectivity index (χ1) is 27.0. The fourth-order valence-corrected chi connectivity index (χ4v) is 9.33. The molecule has 0 aromatic heterocycles. The van der Waals surface area contributed by atoms with Gasteiger partial charge in [-0.1, -0.05) is 140 Å². The predicted molar refractivity (Wildman–Crippen MR) is 237 cm³/mol. The molecule has 0 radical (unpaired) electrons. The van der Waals surface area contributed by atoms with Gasteiger partial charge in [0.1, 0.15) is 0 Å². The summed E-state index contributed by atoms with van der Waals surface area (Å²) in [6.45, 7) is 6.75. The summed E-state index contributed by atoms with van der Waals surface area (Å²) in [5.74, 6) is 0. The molecule has 55 heavy (non-hydrogen) atoms. The van der Waals surface area contributed by atoms with Crippen LogP contribution < -0.4 is 9.80 Å². The molecule has 0 aliphatic carbocycles. The molecule has 260 valence electrons. The van der Waals surface area contributed by atoms with Crippen LogP contribution in [-0.4, -0.2) is 0 Å². The molecule has 0 heterocycles. The normalized spacial score (nSPS) is 11.9. The van der Waals surface area contributed by atoms with Crippen LogP contribution in [0.4, 0.5) is 34.1 Å². The van der Waals surface area contributed by atoms with Crippen LogP contribution >= 0.6 is 0 Å². The number of aryl methyl sites for hydroxylation is 2. The minimum atomic E-state index is 1.15. The quantitative estimate of drug-likeness (QED) is 0.159. The molecule has 0 spiro atoms. The Balaban J connectivity index is 1.20. The third-order valence-corrected chi connectivity index (χ3v) is 12.0. The van der Waals surface area contributed by atoms with Crippen molar-refractivity contribution in [1.29, 1.82) is 0 Å². The highest BCUT2D eigenvalue weighted by Crippen LogP contribution is 2.50. The topological polar surface area (TPSA) is 6.48 Å². The fraction of sp³-hybridized carbons (Fsp3) is 0.0566. The standard InChI is InChI=1S/C53H38N2/c1-33-11-4-6-17-44(33)54(48-31-27-40-23-21-36-13-8-15-38-25-29-42(48)52(40)50(36)38)46-19-10-20-47(35(46)3)55(45-18-7-5-12-34(45)2)49-32-28-41-24-22-37-14-9-16-39-26-30-43(49)53(41)51(37)39/h4-32H,1-3H3. The van der Waals surface area contributed by atoms with E-state index in [1.54, 1.807) is 0 Å². The summed E-state index contributed by atoms with van der Waals surface area (Å²) >= 11 is 0. The van der Waals surface area contributed by atoms with Crippen LogP contribution in [0.5, 0.6) is 0 Å². The van der Waals surface area contributed by atoms with E-state index in [-0.39, 0.29) is 0 Å². The van der Waals surface area contributed by atoms with E-state index in [0.717, 1.165) is 11.4 Å². The van der Waals surface area contributed by atoms with Gasteiger partial charge in [0.15, 0.2) is 0 Å². The first-order valence-corrected chi connectivity index (χ1v) is 19.2. The van der Waals surface area contributed by atoms with Crippen molar-refractivity contribution in [2.24, 2.45) is 0 Å². The molecule has 0 unspecified atom stereocenters. The van der Waals surface area contributed by atoms with Gasteiger partial charge in [0, 0.05) is 22.1 Å². The third kappa shape index (κ3) is 4.68. The van der Waals surface area contributed by atoms with Gasteiger partial charge in [-0.25, -0.2) is 0 Å². The van der Waals surface area contributed by atoms with E-state index in [1.165, 1.54) is 104 Å². The maximum Gasteiger partial charge on any atom is 0.0540 e. The lowest BCUT2D eigenvalue weighted by Gasteiger charge is -2.34. The Morgan fingerprint density at radius 2 is 0.582 bits per heavy atom. The number of hydrogen-bond donors (Lipinski definition) is 0. The third-order valence-electron chi connectivity index (χ3n) is 12.0. The number of para-hydroxylation sites is 2. The second-order valence-corrected chi connectivity index (χ2v) is 15.0. The van der Waals surface area contributed by atoms with Gasteiger partial charge in [-0.05, 0) is 128 Å². The molecule has 0 bridgehead atoms. The Hall–Kier alpha value is -6.90. The van der Waals surface area contributed by atoms with Gasteiger partial charge in [-0.2, -0.15) is 0 Å². The number of rotatable bonds is 6. The maximum atomic E-state index is 2.50. The molecule has 0 saturated carbocycles. The lowest BCUT2D eigenvalue weighted by Crippen LogP contribution is -2.17. The van der Waals surface area contributed by atoms with E-state index in [0.29, 0.717) is 0 Å². The van der Waals surface area contributed by atoms with E-state index in [2.05, 4.69) is 206 Å². The summed E-state index contributed by atoms with van der Waals surface area (Å²) in [6.07, 6.45) is 0. The molecule has 0 aliphatic rings. The van der Waals surface area contributed by atoms with Crippen LogP contribution in [0.25, 0.3) is 64.6 Å². The second-order valence-electron chi connectivity index (χ2n) is 15.0. The van der Waals surface area contributed by atoms with Crippen molar-refractivity contribution >= 4 is 98.8 Å².